The van der Waals surface area contributed by atoms with E-state index in [0.717, 1.165) is 30.7 Å². The van der Waals surface area contributed by atoms with Crippen molar-refractivity contribution in [2.45, 2.75) is 45.2 Å². The maximum Gasteiger partial charge on any atom is 0.252 e. The molecule has 0 spiro atoms. The summed E-state index contributed by atoms with van der Waals surface area (Å²) in [6.45, 7) is 7.63. The quantitative estimate of drug-likeness (QED) is 0.912. The third-order valence-corrected chi connectivity index (χ3v) is 5.00. The molecule has 0 aliphatic carbocycles. The molecule has 1 aliphatic rings. The number of hydrogen-bond acceptors (Lipinski definition) is 3. The number of imidazole rings is 1. The van der Waals surface area contributed by atoms with Crippen molar-refractivity contribution in [1.82, 2.24) is 14.9 Å². The van der Waals surface area contributed by atoms with E-state index in [4.69, 9.17) is 22.3 Å². The van der Waals surface area contributed by atoms with E-state index >= 15 is 0 Å². The molecule has 3 rings (SSSR count). The van der Waals surface area contributed by atoms with Crippen molar-refractivity contribution in [3.63, 3.8) is 0 Å². The van der Waals surface area contributed by atoms with Crippen molar-refractivity contribution < 1.29 is 4.79 Å². The molecule has 1 saturated heterocycles. The molecule has 0 bridgehead atoms. The number of carbonyl (C=O) groups excluding carboxylic acids is 1. The van der Waals surface area contributed by atoms with Gasteiger partial charge in [-0.25, -0.2) is 4.98 Å². The number of nitrogens with one attached hydrogen (secondary N) is 1. The maximum atomic E-state index is 11.7. The van der Waals surface area contributed by atoms with Crippen LogP contribution in [0.5, 0.6) is 0 Å². The van der Waals surface area contributed by atoms with Crippen LogP contribution in [0.15, 0.2) is 12.1 Å². The fourth-order valence-corrected chi connectivity index (χ4v) is 3.85. The molecule has 0 unspecified atom stereocenters. The highest BCUT2D eigenvalue weighted by molar-refractivity contribution is 6.35. The van der Waals surface area contributed by atoms with Gasteiger partial charge in [-0.15, -0.1) is 0 Å². The van der Waals surface area contributed by atoms with E-state index in [-0.39, 0.29) is 5.54 Å². The molecule has 22 heavy (non-hydrogen) atoms. The Balaban J connectivity index is 2.17. The highest BCUT2D eigenvalue weighted by Gasteiger charge is 2.42. The van der Waals surface area contributed by atoms with Crippen LogP contribution in [0.1, 0.15) is 49.8 Å². The molecule has 1 amide bonds. The average Bonchev–Trinajstić information content (AvgIpc) is 3.02. The van der Waals surface area contributed by atoms with Crippen molar-refractivity contribution in [2.24, 2.45) is 5.73 Å². The number of amides is 1. The molecule has 1 aromatic heterocycles. The van der Waals surface area contributed by atoms with Gasteiger partial charge in [0.05, 0.1) is 21.6 Å². The number of fused-ring (bicyclic) bond motifs is 1. The second-order valence-corrected chi connectivity index (χ2v) is 6.84. The zero-order valence-corrected chi connectivity index (χ0v) is 13.9. The van der Waals surface area contributed by atoms with Crippen molar-refractivity contribution in [3.8, 4) is 0 Å². The minimum atomic E-state index is -0.550. The second kappa shape index (κ2) is 5.25. The van der Waals surface area contributed by atoms with E-state index in [1.54, 1.807) is 6.07 Å². The first-order valence-electron chi connectivity index (χ1n) is 7.60. The Morgan fingerprint density at radius 3 is 2.86 bits per heavy atom. The molecule has 1 aliphatic heterocycles. The van der Waals surface area contributed by atoms with Gasteiger partial charge in [-0.05, 0) is 52.3 Å². The van der Waals surface area contributed by atoms with E-state index in [1.165, 1.54) is 0 Å². The van der Waals surface area contributed by atoms with Crippen LogP contribution in [-0.4, -0.2) is 33.4 Å². The van der Waals surface area contributed by atoms with Gasteiger partial charge in [0, 0.05) is 6.04 Å². The number of primary amides is 1. The summed E-state index contributed by atoms with van der Waals surface area (Å²) in [6.07, 6.45) is 2.17. The average molecular weight is 321 g/mol. The lowest BCUT2D eigenvalue weighted by Crippen LogP contribution is -2.43. The fourth-order valence-electron chi connectivity index (χ4n) is 3.61. The topological polar surface area (TPSA) is 75.0 Å². The van der Waals surface area contributed by atoms with E-state index < -0.39 is 5.91 Å². The Morgan fingerprint density at radius 1 is 1.50 bits per heavy atom. The molecule has 2 aromatic rings. The van der Waals surface area contributed by atoms with E-state index in [0.29, 0.717) is 22.1 Å². The SMILES string of the molecule is CC(C)N1CCC[C@@]1(C)c1nc2c(C(N)=O)c(Cl)ccc2[nH]1. The number of likely N-dealkylation sites (tertiary alicyclic amines) is 1. The molecular weight excluding hydrogens is 300 g/mol. The monoisotopic (exact) mass is 320 g/mol. The van der Waals surface area contributed by atoms with E-state index in [2.05, 4.69) is 30.7 Å². The van der Waals surface area contributed by atoms with E-state index in [9.17, 15) is 4.79 Å². The van der Waals surface area contributed by atoms with Crippen LogP contribution in [0.4, 0.5) is 0 Å². The number of nitrogens with zero attached hydrogens (tertiary/aromatic N) is 2. The lowest BCUT2D eigenvalue weighted by Gasteiger charge is -2.36. The number of halogens is 1. The summed E-state index contributed by atoms with van der Waals surface area (Å²) >= 11 is 6.12. The number of benzene rings is 1. The lowest BCUT2D eigenvalue weighted by molar-refractivity contribution is 0.100. The number of rotatable bonds is 3. The van der Waals surface area contributed by atoms with Crippen LogP contribution in [0.25, 0.3) is 11.0 Å². The van der Waals surface area contributed by atoms with Gasteiger partial charge in [-0.3, -0.25) is 9.69 Å². The zero-order chi connectivity index (χ0) is 16.1. The first-order valence-corrected chi connectivity index (χ1v) is 7.97. The summed E-state index contributed by atoms with van der Waals surface area (Å²) in [5, 5.41) is 0.343. The van der Waals surface area contributed by atoms with Gasteiger partial charge in [0.2, 0.25) is 0 Å². The first-order chi connectivity index (χ1) is 10.3. The van der Waals surface area contributed by atoms with Crippen LogP contribution >= 0.6 is 11.6 Å². The predicted molar refractivity (Wildman–Crippen MR) is 88.0 cm³/mol. The molecular formula is C16H21ClN4O. The van der Waals surface area contributed by atoms with Crippen LogP contribution < -0.4 is 5.73 Å². The molecule has 0 saturated carbocycles. The van der Waals surface area contributed by atoms with Gasteiger partial charge in [0.25, 0.3) is 5.91 Å². The Bertz CT molecular complexity index is 739. The molecule has 6 heteroatoms. The third kappa shape index (κ3) is 2.20. The first kappa shape index (κ1) is 15.3. The number of carbonyl (C=O) groups is 1. The Morgan fingerprint density at radius 2 is 2.23 bits per heavy atom. The van der Waals surface area contributed by atoms with Crippen molar-refractivity contribution >= 4 is 28.5 Å². The number of nitrogens with two attached hydrogens (primary N) is 1. The summed E-state index contributed by atoms with van der Waals surface area (Å²) in [5.41, 5.74) is 6.96. The van der Waals surface area contributed by atoms with Gasteiger partial charge in [-0.2, -0.15) is 0 Å². The largest absolute Gasteiger partial charge is 0.365 e. The number of hydrogen-bond donors (Lipinski definition) is 2. The number of aromatic nitrogens is 2. The van der Waals surface area contributed by atoms with Gasteiger partial charge in [-0.1, -0.05) is 11.6 Å². The van der Waals surface area contributed by atoms with Crippen molar-refractivity contribution in [1.29, 1.82) is 0 Å². The second-order valence-electron chi connectivity index (χ2n) is 6.43. The maximum absolute atomic E-state index is 11.7. The predicted octanol–water partition coefficient (Wildman–Crippen LogP) is 3.03. The fraction of sp³-hybridized carbons (Fsp3) is 0.500. The summed E-state index contributed by atoms with van der Waals surface area (Å²) in [5.74, 6) is 0.324. The summed E-state index contributed by atoms with van der Waals surface area (Å²) in [6, 6.07) is 3.96. The van der Waals surface area contributed by atoms with Crippen molar-refractivity contribution in [3.05, 3.63) is 28.5 Å². The Hall–Kier alpha value is -1.59. The van der Waals surface area contributed by atoms with E-state index in [1.807, 2.05) is 6.07 Å². The standard InChI is InChI=1S/C16H21ClN4O/c1-9(2)21-8-4-7-16(21,3)15-19-11-6-5-10(17)12(14(18)22)13(11)20-15/h5-6,9H,4,7-8H2,1-3H3,(H2,18,22)(H,19,20)/t16-/m0/s1. The number of H-pyrrole nitrogens is 1. The zero-order valence-electron chi connectivity index (χ0n) is 13.1. The molecule has 1 fully saturated rings. The van der Waals surface area contributed by atoms with Gasteiger partial charge < -0.3 is 10.7 Å². The van der Waals surface area contributed by atoms with Crippen molar-refractivity contribution in [2.75, 3.05) is 6.54 Å². The normalized spacial score (nSPS) is 22.8. The van der Waals surface area contributed by atoms with Gasteiger partial charge in [0.1, 0.15) is 11.3 Å². The summed E-state index contributed by atoms with van der Waals surface area (Å²) in [4.78, 5) is 22.2. The Labute approximate surface area is 134 Å². The Kier molecular flexibility index (Phi) is 3.65. The molecule has 5 nitrogen and oxygen atoms in total. The molecule has 118 valence electrons. The van der Waals surface area contributed by atoms with Crippen LogP contribution in [0.2, 0.25) is 5.02 Å². The molecule has 0 radical (unpaired) electrons. The third-order valence-electron chi connectivity index (χ3n) is 4.68. The van der Waals surface area contributed by atoms with Crippen LogP contribution in [-0.2, 0) is 5.54 Å². The number of aromatic amines is 1. The summed E-state index contributed by atoms with van der Waals surface area (Å²) in [7, 11) is 0. The van der Waals surface area contributed by atoms with Gasteiger partial charge >= 0.3 is 0 Å². The highest BCUT2D eigenvalue weighted by Crippen LogP contribution is 2.39. The smallest absolute Gasteiger partial charge is 0.252 e. The molecule has 2 heterocycles. The minimum absolute atomic E-state index is 0.158. The molecule has 3 N–H and O–H groups in total. The minimum Gasteiger partial charge on any atom is -0.365 e. The molecule has 1 aromatic carbocycles. The van der Waals surface area contributed by atoms with Crippen LogP contribution in [0, 0.1) is 0 Å². The van der Waals surface area contributed by atoms with Crippen LogP contribution in [0.3, 0.4) is 0 Å². The van der Waals surface area contributed by atoms with Gasteiger partial charge in [0.15, 0.2) is 0 Å². The lowest BCUT2D eigenvalue weighted by atomic mass is 9.97. The molecule has 1 atom stereocenters. The highest BCUT2D eigenvalue weighted by atomic mass is 35.5. The summed E-state index contributed by atoms with van der Waals surface area (Å²) < 4.78 is 0.